The van der Waals surface area contributed by atoms with Crippen LogP contribution in [0.15, 0.2) is 22.7 Å². The van der Waals surface area contributed by atoms with E-state index in [-0.39, 0.29) is 13.0 Å². The number of piperidine rings is 1. The molecule has 0 bridgehead atoms. The van der Waals surface area contributed by atoms with Crippen LogP contribution in [0, 0.1) is 5.92 Å². The fourth-order valence-electron chi connectivity index (χ4n) is 2.40. The Kier molecular flexibility index (Phi) is 4.40. The zero-order valence-electron chi connectivity index (χ0n) is 10.4. The van der Waals surface area contributed by atoms with Crippen molar-refractivity contribution in [2.45, 2.75) is 25.6 Å². The van der Waals surface area contributed by atoms with Gasteiger partial charge in [0, 0.05) is 23.2 Å². The van der Waals surface area contributed by atoms with Crippen molar-refractivity contribution in [3.05, 3.63) is 28.2 Å². The highest BCUT2D eigenvalue weighted by Gasteiger charge is 2.41. The molecule has 1 saturated heterocycles. The van der Waals surface area contributed by atoms with E-state index in [1.807, 2.05) is 11.0 Å². The molecule has 0 saturated carbocycles. The number of likely N-dealkylation sites (tertiary alicyclic amines) is 1. The zero-order chi connectivity index (χ0) is 14.0. The molecule has 0 spiro atoms. The van der Waals surface area contributed by atoms with Gasteiger partial charge in [0.15, 0.2) is 0 Å². The van der Waals surface area contributed by atoms with Crippen LogP contribution in [0.3, 0.4) is 0 Å². The van der Waals surface area contributed by atoms with Crippen molar-refractivity contribution in [3.8, 4) is 0 Å². The fourth-order valence-corrected chi connectivity index (χ4v) is 2.92. The van der Waals surface area contributed by atoms with E-state index in [2.05, 4.69) is 15.9 Å². The number of hydrogen-bond donors (Lipinski definition) is 1. The Balaban J connectivity index is 2.03. The lowest BCUT2D eigenvalue weighted by atomic mass is 9.97. The number of halogens is 4. The van der Waals surface area contributed by atoms with E-state index < -0.39 is 12.1 Å². The second-order valence-corrected chi connectivity index (χ2v) is 5.82. The highest BCUT2D eigenvalue weighted by atomic mass is 79.9. The summed E-state index contributed by atoms with van der Waals surface area (Å²) in [5.74, 6) is -1.20. The summed E-state index contributed by atoms with van der Waals surface area (Å²) >= 11 is 3.40. The summed E-state index contributed by atoms with van der Waals surface area (Å²) in [7, 11) is 0. The molecule has 1 aliphatic rings. The molecule has 0 radical (unpaired) electrons. The van der Waals surface area contributed by atoms with Gasteiger partial charge in [0.1, 0.15) is 0 Å². The lowest BCUT2D eigenvalue weighted by Gasteiger charge is -2.33. The molecule has 2 nitrogen and oxygen atoms in total. The van der Waals surface area contributed by atoms with E-state index in [4.69, 9.17) is 5.73 Å². The van der Waals surface area contributed by atoms with Crippen molar-refractivity contribution in [3.63, 3.8) is 0 Å². The summed E-state index contributed by atoms with van der Waals surface area (Å²) in [6.45, 7) is 1.32. The molecule has 1 fully saturated rings. The van der Waals surface area contributed by atoms with Crippen molar-refractivity contribution >= 4 is 21.6 Å². The summed E-state index contributed by atoms with van der Waals surface area (Å²) in [6.07, 6.45) is -3.25. The van der Waals surface area contributed by atoms with Crippen LogP contribution < -0.4 is 5.73 Å². The molecule has 1 unspecified atom stereocenters. The van der Waals surface area contributed by atoms with Gasteiger partial charge < -0.3 is 5.73 Å². The first kappa shape index (κ1) is 14.7. The van der Waals surface area contributed by atoms with E-state index in [0.29, 0.717) is 25.2 Å². The van der Waals surface area contributed by atoms with Crippen LogP contribution in [-0.2, 0) is 6.54 Å². The highest BCUT2D eigenvalue weighted by Crippen LogP contribution is 2.34. The van der Waals surface area contributed by atoms with Gasteiger partial charge >= 0.3 is 6.18 Å². The summed E-state index contributed by atoms with van der Waals surface area (Å²) in [4.78, 5) is 1.86. The van der Waals surface area contributed by atoms with Crippen LogP contribution in [0.1, 0.15) is 18.4 Å². The maximum Gasteiger partial charge on any atom is 0.393 e. The molecule has 106 valence electrons. The molecule has 2 rings (SSSR count). The molecule has 6 heteroatoms. The maximum absolute atomic E-state index is 12.7. The van der Waals surface area contributed by atoms with Crippen molar-refractivity contribution in [1.82, 2.24) is 4.90 Å². The van der Waals surface area contributed by atoms with Crippen molar-refractivity contribution in [2.75, 3.05) is 18.8 Å². The van der Waals surface area contributed by atoms with Crippen LogP contribution in [0.25, 0.3) is 0 Å². The minimum Gasteiger partial charge on any atom is -0.399 e. The van der Waals surface area contributed by atoms with Gasteiger partial charge in [0.05, 0.1) is 5.92 Å². The monoisotopic (exact) mass is 336 g/mol. The van der Waals surface area contributed by atoms with Crippen LogP contribution in [-0.4, -0.2) is 24.2 Å². The molecule has 1 atom stereocenters. The largest absolute Gasteiger partial charge is 0.399 e. The molecule has 1 heterocycles. The lowest BCUT2D eigenvalue weighted by molar-refractivity contribution is -0.187. The van der Waals surface area contributed by atoms with E-state index in [0.717, 1.165) is 10.0 Å². The van der Waals surface area contributed by atoms with Gasteiger partial charge in [-0.25, -0.2) is 0 Å². The molecule has 1 aromatic rings. The molecular formula is C13H16BrF3N2. The van der Waals surface area contributed by atoms with E-state index in [1.165, 1.54) is 0 Å². The third kappa shape index (κ3) is 3.86. The summed E-state index contributed by atoms with van der Waals surface area (Å²) in [5, 5.41) is 0. The Hall–Kier alpha value is -0.750. The normalized spacial score (nSPS) is 21.6. The fraction of sp³-hybridized carbons (Fsp3) is 0.538. The number of anilines is 1. The van der Waals surface area contributed by atoms with Gasteiger partial charge in [0.2, 0.25) is 0 Å². The van der Waals surface area contributed by atoms with Crippen LogP contribution >= 0.6 is 15.9 Å². The van der Waals surface area contributed by atoms with Gasteiger partial charge in [-0.15, -0.1) is 0 Å². The third-order valence-electron chi connectivity index (χ3n) is 3.44. The lowest BCUT2D eigenvalue weighted by Crippen LogP contribution is -2.41. The second-order valence-electron chi connectivity index (χ2n) is 4.97. The van der Waals surface area contributed by atoms with Crippen LogP contribution in [0.5, 0.6) is 0 Å². The molecule has 0 aromatic heterocycles. The number of benzene rings is 1. The predicted molar refractivity (Wildman–Crippen MR) is 72.6 cm³/mol. The molecule has 0 amide bonds. The molecule has 2 N–H and O–H groups in total. The van der Waals surface area contributed by atoms with Gasteiger partial charge in [-0.2, -0.15) is 13.2 Å². The molecule has 1 aromatic carbocycles. The molecular weight excluding hydrogens is 321 g/mol. The number of hydrogen-bond acceptors (Lipinski definition) is 2. The Morgan fingerprint density at radius 3 is 2.74 bits per heavy atom. The SMILES string of the molecule is Nc1ccc(CN2CCCC(C(F)(F)F)C2)c(Br)c1. The highest BCUT2D eigenvalue weighted by molar-refractivity contribution is 9.10. The van der Waals surface area contributed by atoms with Gasteiger partial charge in [-0.1, -0.05) is 22.0 Å². The van der Waals surface area contributed by atoms with E-state index in [9.17, 15) is 13.2 Å². The first-order valence-electron chi connectivity index (χ1n) is 6.19. The second kappa shape index (κ2) is 5.71. The number of rotatable bonds is 2. The Morgan fingerprint density at radius 2 is 2.11 bits per heavy atom. The zero-order valence-corrected chi connectivity index (χ0v) is 12.0. The number of nitrogens with zero attached hydrogens (tertiary/aromatic N) is 1. The number of alkyl halides is 3. The number of nitrogen functional groups attached to an aromatic ring is 1. The number of nitrogens with two attached hydrogens (primary N) is 1. The summed E-state index contributed by atoms with van der Waals surface area (Å²) in [6, 6.07) is 5.41. The molecule has 0 aliphatic carbocycles. The minimum absolute atomic E-state index is 0.0836. The van der Waals surface area contributed by atoms with Crippen LogP contribution in [0.4, 0.5) is 18.9 Å². The maximum atomic E-state index is 12.7. The smallest absolute Gasteiger partial charge is 0.393 e. The molecule has 19 heavy (non-hydrogen) atoms. The summed E-state index contributed by atoms with van der Waals surface area (Å²) < 4.78 is 39.0. The van der Waals surface area contributed by atoms with Gasteiger partial charge in [0.25, 0.3) is 0 Å². The predicted octanol–water partition coefficient (Wildman–Crippen LogP) is 3.81. The summed E-state index contributed by atoms with van der Waals surface area (Å²) in [5.41, 5.74) is 7.26. The average Bonchev–Trinajstić information content (AvgIpc) is 2.32. The minimum atomic E-state index is -4.09. The first-order chi connectivity index (χ1) is 8.86. The third-order valence-corrected chi connectivity index (χ3v) is 4.18. The van der Waals surface area contributed by atoms with Crippen molar-refractivity contribution in [2.24, 2.45) is 5.92 Å². The Morgan fingerprint density at radius 1 is 1.37 bits per heavy atom. The first-order valence-corrected chi connectivity index (χ1v) is 6.98. The topological polar surface area (TPSA) is 29.3 Å². The van der Waals surface area contributed by atoms with E-state index >= 15 is 0 Å². The van der Waals surface area contributed by atoms with Gasteiger partial charge in [-0.05, 0) is 37.1 Å². The van der Waals surface area contributed by atoms with Gasteiger partial charge in [-0.3, -0.25) is 4.90 Å². The van der Waals surface area contributed by atoms with E-state index in [1.54, 1.807) is 12.1 Å². The Labute approximate surface area is 118 Å². The quantitative estimate of drug-likeness (QED) is 0.832. The standard InChI is InChI=1S/C13H16BrF3N2/c14-12-6-11(18)4-3-9(12)7-19-5-1-2-10(8-19)13(15,16)17/h3-4,6,10H,1-2,5,7-8,18H2. The van der Waals surface area contributed by atoms with Crippen molar-refractivity contribution < 1.29 is 13.2 Å². The molecule has 1 aliphatic heterocycles. The van der Waals surface area contributed by atoms with Crippen LogP contribution in [0.2, 0.25) is 0 Å². The Bertz CT molecular complexity index is 448. The average molecular weight is 337 g/mol. The van der Waals surface area contributed by atoms with Crippen molar-refractivity contribution in [1.29, 1.82) is 0 Å².